The number of anilines is 6. The van der Waals surface area contributed by atoms with Crippen LogP contribution in [0, 0.1) is 5.92 Å². The van der Waals surface area contributed by atoms with Crippen LogP contribution in [-0.2, 0) is 65.8 Å². The third-order valence-electron chi connectivity index (χ3n) is 20.2. The number of piperidine rings is 2. The summed E-state index contributed by atoms with van der Waals surface area (Å²) in [5.74, 6) is -3.65. The van der Waals surface area contributed by atoms with E-state index in [-0.39, 0.29) is 131 Å². The van der Waals surface area contributed by atoms with Crippen LogP contribution < -0.4 is 62.8 Å². The van der Waals surface area contributed by atoms with Crippen molar-refractivity contribution in [2.24, 2.45) is 11.7 Å². The van der Waals surface area contributed by atoms with E-state index >= 15 is 0 Å². The van der Waals surface area contributed by atoms with E-state index in [9.17, 15) is 62.3 Å². The molecule has 10 rings (SSSR count). The third kappa shape index (κ3) is 20.5. The van der Waals surface area contributed by atoms with E-state index in [1.54, 1.807) is 92.7 Å². The summed E-state index contributed by atoms with van der Waals surface area (Å²) in [7, 11) is 3.28. The van der Waals surface area contributed by atoms with E-state index in [2.05, 4.69) is 57.3 Å². The molecule has 2 saturated heterocycles. The Morgan fingerprint density at radius 2 is 1.56 bits per heavy atom. The summed E-state index contributed by atoms with van der Waals surface area (Å²) in [6, 6.07) is 12.2. The number of urea groups is 1. The van der Waals surface area contributed by atoms with Crippen LogP contribution in [0.1, 0.15) is 149 Å². The van der Waals surface area contributed by atoms with Crippen LogP contribution in [0.4, 0.5) is 44.1 Å². The number of carbonyl (C=O) groups excluding carboxylic acids is 13. The number of methoxy groups -OCH3 is 1. The van der Waals surface area contributed by atoms with Crippen LogP contribution in [0.2, 0.25) is 0 Å². The van der Waals surface area contributed by atoms with Gasteiger partial charge in [0.05, 0.1) is 32.2 Å². The molecule has 578 valence electrons. The number of primary amides is 1. The van der Waals surface area contributed by atoms with Crippen LogP contribution in [0.5, 0.6) is 5.75 Å². The molecule has 6 aliphatic rings. The van der Waals surface area contributed by atoms with Crippen LogP contribution >= 0.6 is 0 Å². The molecule has 1 aliphatic carbocycles. The number of benzene rings is 3. The smallest absolute Gasteiger partial charge is 0.410 e. The molecule has 3 aromatic carbocycles. The molecule has 14 amide bonds. The highest BCUT2D eigenvalue weighted by atomic mass is 16.6. The number of hydrogen-bond acceptors (Lipinski definition) is 21. The Labute approximate surface area is 625 Å². The Bertz CT molecular complexity index is 4030. The number of carbonyl (C=O) groups is 13. The second-order valence-electron chi connectivity index (χ2n) is 28.0. The number of rotatable bonds is 35. The number of hydrogen-bond donors (Lipinski definition) is 9. The minimum Gasteiger partial charge on any atom is -0.495 e. The fourth-order valence-electron chi connectivity index (χ4n) is 14.2. The lowest BCUT2D eigenvalue weighted by molar-refractivity contribution is -0.138. The topological polar surface area (TPSA) is 417 Å². The maximum absolute atomic E-state index is 14.1. The average Bonchev–Trinajstić information content (AvgIpc) is 1.15. The van der Waals surface area contributed by atoms with E-state index < -0.39 is 84.1 Å². The lowest BCUT2D eigenvalue weighted by Gasteiger charge is -2.43. The van der Waals surface area contributed by atoms with Crippen molar-refractivity contribution >= 4 is 112 Å². The molecule has 4 atom stereocenters. The Hall–Kier alpha value is -11.1. The van der Waals surface area contributed by atoms with Gasteiger partial charge in [-0.25, -0.2) is 14.6 Å². The molecule has 3 fully saturated rings. The first kappa shape index (κ1) is 79.5. The fraction of sp³-hybridized carbons (Fsp3) is 0.507. The summed E-state index contributed by atoms with van der Waals surface area (Å²) in [6.45, 7) is 7.05. The van der Waals surface area contributed by atoms with Gasteiger partial charge in [-0.15, -0.1) is 0 Å². The number of likely N-dealkylation sites (N-methyl/N-ethyl adjacent to an activating group) is 1. The SMILES string of the molecule is CC[C@@H]1C(=O)N(C)c2cnc(Nc3ccc(C(=O)NC4CCN(CCOCCN(CC(=O)Nc5cccc6c5CN(C5CCC(=O)NC5=O)C6=O)C(=O)OCc5ccc(NC(=O)[C@H](CCCNC(N)=O)NC(=O)[C@@H](NC(=O)CCCCCN6C(=O)C=CC6=O)C(C)C)cc5)CC4)cc3OC)nc2N1C1CCCC1. The molecular weight excluding hydrogens is 1390 g/mol. The molecule has 6 heterocycles. The minimum atomic E-state index is -1.14. The Kier molecular flexibility index (Phi) is 27.5. The van der Waals surface area contributed by atoms with Crippen LogP contribution in [0.25, 0.3) is 0 Å². The maximum atomic E-state index is 14.1. The molecular formula is C75H97N17O16. The van der Waals surface area contributed by atoms with E-state index in [1.807, 2.05) is 6.92 Å². The predicted octanol–water partition coefficient (Wildman–Crippen LogP) is 4.48. The molecule has 108 heavy (non-hydrogen) atoms. The van der Waals surface area contributed by atoms with Crippen molar-refractivity contribution in [1.82, 2.24) is 56.2 Å². The molecule has 1 aromatic heterocycles. The Morgan fingerprint density at radius 1 is 0.806 bits per heavy atom. The van der Waals surface area contributed by atoms with Gasteiger partial charge in [0.25, 0.3) is 23.6 Å². The Morgan fingerprint density at radius 3 is 2.26 bits per heavy atom. The number of aromatic nitrogens is 2. The number of imide groups is 2. The molecule has 0 bridgehead atoms. The zero-order valence-corrected chi connectivity index (χ0v) is 61.6. The van der Waals surface area contributed by atoms with Crippen LogP contribution in [0.15, 0.2) is 79.0 Å². The normalized spacial score (nSPS) is 17.9. The second kappa shape index (κ2) is 37.4. The van der Waals surface area contributed by atoms with Gasteiger partial charge in [0.2, 0.25) is 47.3 Å². The highest BCUT2D eigenvalue weighted by molar-refractivity contribution is 6.13. The van der Waals surface area contributed by atoms with Crippen molar-refractivity contribution in [1.29, 1.82) is 0 Å². The van der Waals surface area contributed by atoms with Gasteiger partial charge in [-0.2, -0.15) is 4.98 Å². The zero-order chi connectivity index (χ0) is 77.1. The van der Waals surface area contributed by atoms with Gasteiger partial charge in [-0.05, 0) is 118 Å². The van der Waals surface area contributed by atoms with Crippen LogP contribution in [0.3, 0.4) is 0 Å². The fourth-order valence-corrected chi connectivity index (χ4v) is 14.2. The molecule has 10 N–H and O–H groups in total. The monoisotopic (exact) mass is 1490 g/mol. The maximum Gasteiger partial charge on any atom is 0.410 e. The quantitative estimate of drug-likeness (QED) is 0.0226. The molecule has 4 aromatic rings. The summed E-state index contributed by atoms with van der Waals surface area (Å²) >= 11 is 0. The lowest BCUT2D eigenvalue weighted by atomic mass is 10.0. The van der Waals surface area contributed by atoms with Crippen molar-refractivity contribution in [3.8, 4) is 5.75 Å². The van der Waals surface area contributed by atoms with Crippen molar-refractivity contribution in [3.05, 3.63) is 101 Å². The van der Waals surface area contributed by atoms with E-state index in [0.717, 1.165) is 30.6 Å². The number of nitrogens with one attached hydrogen (secondary N) is 8. The molecule has 0 spiro atoms. The number of likely N-dealkylation sites (tertiary alicyclic amines) is 1. The van der Waals surface area contributed by atoms with E-state index in [4.69, 9.17) is 24.9 Å². The Balaban J connectivity index is 0.714. The molecule has 0 radical (unpaired) electrons. The number of unbranched alkanes of at least 4 members (excludes halogenated alkanes) is 2. The second-order valence-corrected chi connectivity index (χ2v) is 28.0. The first-order valence-corrected chi connectivity index (χ1v) is 37.0. The summed E-state index contributed by atoms with van der Waals surface area (Å²) in [6.07, 6.45) is 11.4. The third-order valence-corrected chi connectivity index (χ3v) is 20.2. The minimum absolute atomic E-state index is 0.000285. The van der Waals surface area contributed by atoms with Crippen molar-refractivity contribution in [2.45, 2.75) is 166 Å². The van der Waals surface area contributed by atoms with Gasteiger partial charge in [0.15, 0.2) is 5.82 Å². The van der Waals surface area contributed by atoms with Crippen molar-refractivity contribution in [3.63, 3.8) is 0 Å². The number of amides is 14. The zero-order valence-electron chi connectivity index (χ0n) is 61.6. The predicted molar refractivity (Wildman–Crippen MR) is 396 cm³/mol. The lowest BCUT2D eigenvalue weighted by Crippen LogP contribution is -2.55. The van der Waals surface area contributed by atoms with Crippen molar-refractivity contribution < 1.29 is 76.5 Å². The van der Waals surface area contributed by atoms with Crippen LogP contribution in [-0.4, -0.2) is 216 Å². The van der Waals surface area contributed by atoms with Gasteiger partial charge >= 0.3 is 12.1 Å². The first-order valence-electron chi connectivity index (χ1n) is 37.0. The van der Waals surface area contributed by atoms with Crippen molar-refractivity contribution in [2.75, 3.05) is 98.9 Å². The average molecular weight is 1490 g/mol. The van der Waals surface area contributed by atoms with Gasteiger partial charge in [0.1, 0.15) is 48.8 Å². The van der Waals surface area contributed by atoms with E-state index in [0.29, 0.717) is 109 Å². The summed E-state index contributed by atoms with van der Waals surface area (Å²) < 4.78 is 17.6. The molecule has 1 saturated carbocycles. The van der Waals surface area contributed by atoms with Gasteiger partial charge in [-0.3, -0.25) is 67.9 Å². The molecule has 5 aliphatic heterocycles. The summed E-state index contributed by atoms with van der Waals surface area (Å²) in [5.41, 5.74) is 8.71. The number of fused-ring (bicyclic) bond motifs is 2. The van der Waals surface area contributed by atoms with Gasteiger partial charge < -0.3 is 76.8 Å². The summed E-state index contributed by atoms with van der Waals surface area (Å²) in [5, 5.41) is 22.4. The standard InChI is InChI=1S/C75H97N17O16/c1-6-56-72(103)87(4)58-41-78-74(86-66(58)92(56)50-14-9-10-15-50)83-54-25-22-47(40-59(54)106-5)67(98)79-49-30-34-88(35-31-49)36-38-107-39-37-89(43-62(95)81-53-17-12-16-51-52(53)42-91(71(51)102)57-26-27-61(94)85-69(57)100)75(105)108-44-46-20-23-48(24-21-46)80-68(99)55(18-13-32-77-73(76)104)82-70(101)65(45(2)3)84-60(93)19-8-7-11-33-90-63(96)28-29-64(90)97/h12,16-17,20-25,28-29,40-41,45,49-50,55-57,65H,6-11,13-15,18-19,26-27,30-39,42-44H2,1-5H3,(H,79,98)(H,80,99)(H,81,95)(H,82,101)(H,84,93)(H3,76,77,104)(H,78,83,86)(H,85,94,100)/t55-,56+,57?,65-/m0/s1. The molecule has 1 unspecified atom stereocenters. The number of nitrogens with zero attached hydrogens (tertiary/aromatic N) is 8. The molecule has 33 heteroatoms. The van der Waals surface area contributed by atoms with Gasteiger partial charge in [0, 0.05) is 118 Å². The number of ether oxygens (including phenoxy) is 3. The highest BCUT2D eigenvalue weighted by Gasteiger charge is 2.43. The largest absolute Gasteiger partial charge is 0.495 e. The first-order chi connectivity index (χ1) is 52.0. The number of nitrogens with two attached hydrogens (primary N) is 1. The summed E-state index contributed by atoms with van der Waals surface area (Å²) in [4.78, 5) is 189. The van der Waals surface area contributed by atoms with E-state index in [1.165, 1.54) is 29.1 Å². The highest BCUT2D eigenvalue weighted by Crippen LogP contribution is 2.41. The molecule has 33 nitrogen and oxygen atoms in total. The van der Waals surface area contributed by atoms with Gasteiger partial charge in [-0.1, -0.05) is 58.2 Å².